The Kier molecular flexibility index (Phi) is 2.59. The molecule has 0 aliphatic heterocycles. The van der Waals surface area contributed by atoms with Crippen LogP contribution in [0.25, 0.3) is 0 Å². The summed E-state index contributed by atoms with van der Waals surface area (Å²) < 4.78 is 6.02. The van der Waals surface area contributed by atoms with Crippen LogP contribution in [0, 0.1) is 33.5 Å². The zero-order valence-corrected chi connectivity index (χ0v) is 13.0. The maximum Gasteiger partial charge on any atom is 0.0505 e. The van der Waals surface area contributed by atoms with E-state index >= 15 is 0 Å². The van der Waals surface area contributed by atoms with Crippen molar-refractivity contribution < 1.29 is 4.74 Å². The second-order valence-electron chi connectivity index (χ2n) is 8.53. The monoisotopic (exact) mass is 238 g/mol. The van der Waals surface area contributed by atoms with Gasteiger partial charge in [0.05, 0.1) is 13.2 Å². The van der Waals surface area contributed by atoms with Crippen molar-refractivity contribution in [2.24, 2.45) is 33.5 Å². The van der Waals surface area contributed by atoms with Gasteiger partial charge in [0.25, 0.3) is 0 Å². The Balaban J connectivity index is 1.77. The average Bonchev–Trinajstić information content (AvgIpc) is 2.70. The molecule has 2 fully saturated rings. The van der Waals surface area contributed by atoms with Crippen LogP contribution in [0.5, 0.6) is 0 Å². The van der Waals surface area contributed by atoms with E-state index < -0.39 is 0 Å². The molecule has 0 N–H and O–H groups in total. The average molecular weight is 238 g/mol. The third-order valence-electron chi connectivity index (χ3n) is 7.21. The molecule has 0 bridgehead atoms. The highest BCUT2D eigenvalue weighted by Crippen LogP contribution is 2.70. The molecule has 0 unspecified atom stereocenters. The van der Waals surface area contributed by atoms with E-state index in [1.807, 2.05) is 0 Å². The minimum atomic E-state index is 0.460. The van der Waals surface area contributed by atoms with E-state index in [2.05, 4.69) is 55.4 Å². The van der Waals surface area contributed by atoms with E-state index in [4.69, 9.17) is 4.74 Å². The molecular formula is C16H30O. The first-order valence-electron chi connectivity index (χ1n) is 7.05. The van der Waals surface area contributed by atoms with Gasteiger partial charge in [-0.15, -0.1) is 0 Å². The molecule has 0 aromatic rings. The third kappa shape index (κ3) is 1.61. The van der Waals surface area contributed by atoms with E-state index in [9.17, 15) is 0 Å². The number of hydrogen-bond acceptors (Lipinski definition) is 1. The van der Waals surface area contributed by atoms with Crippen molar-refractivity contribution >= 4 is 0 Å². The van der Waals surface area contributed by atoms with Crippen molar-refractivity contribution in [3.63, 3.8) is 0 Å². The fourth-order valence-electron chi connectivity index (χ4n) is 3.80. The summed E-state index contributed by atoms with van der Waals surface area (Å²) in [5.41, 5.74) is 1.84. The van der Waals surface area contributed by atoms with E-state index in [0.29, 0.717) is 21.7 Å². The minimum absolute atomic E-state index is 0.460. The fraction of sp³-hybridized carbons (Fsp3) is 1.00. The first-order chi connectivity index (χ1) is 7.47. The van der Waals surface area contributed by atoms with Crippen LogP contribution >= 0.6 is 0 Å². The summed E-state index contributed by atoms with van der Waals surface area (Å²) in [7, 11) is 0. The predicted molar refractivity (Wildman–Crippen MR) is 72.9 cm³/mol. The van der Waals surface area contributed by atoms with Crippen molar-refractivity contribution in [3.8, 4) is 0 Å². The summed E-state index contributed by atoms with van der Waals surface area (Å²) in [6.07, 6.45) is 0. The van der Waals surface area contributed by atoms with Crippen LogP contribution < -0.4 is 0 Å². The predicted octanol–water partition coefficient (Wildman–Crippen LogP) is 4.37. The molecule has 0 saturated heterocycles. The molecule has 0 aromatic heterocycles. The largest absolute Gasteiger partial charge is 0.381 e. The van der Waals surface area contributed by atoms with Crippen molar-refractivity contribution in [1.82, 2.24) is 0 Å². The highest BCUT2D eigenvalue weighted by atomic mass is 16.5. The van der Waals surface area contributed by atoms with Gasteiger partial charge in [-0.3, -0.25) is 0 Å². The molecular weight excluding hydrogens is 208 g/mol. The summed E-state index contributed by atoms with van der Waals surface area (Å²) >= 11 is 0. The summed E-state index contributed by atoms with van der Waals surface area (Å²) in [4.78, 5) is 0. The van der Waals surface area contributed by atoms with Gasteiger partial charge in [-0.1, -0.05) is 55.4 Å². The van der Waals surface area contributed by atoms with Gasteiger partial charge in [-0.2, -0.15) is 0 Å². The van der Waals surface area contributed by atoms with Crippen LogP contribution in [-0.4, -0.2) is 13.2 Å². The van der Waals surface area contributed by atoms with Gasteiger partial charge in [0.15, 0.2) is 0 Å². The molecule has 0 amide bonds. The molecule has 0 heterocycles. The molecule has 17 heavy (non-hydrogen) atoms. The Hall–Kier alpha value is -0.0400. The Bertz CT molecular complexity index is 262. The maximum atomic E-state index is 6.02. The van der Waals surface area contributed by atoms with Crippen LogP contribution in [0.15, 0.2) is 0 Å². The van der Waals surface area contributed by atoms with E-state index in [1.54, 1.807) is 0 Å². The van der Waals surface area contributed by atoms with Crippen molar-refractivity contribution in [3.05, 3.63) is 0 Å². The number of rotatable bonds is 4. The standard InChI is InChI=1S/C16H30O/c1-13(2)11(14(13,3)4)9-17-10-12-15(5,6)16(12,7)8/h11-12H,9-10H2,1-8H3. The van der Waals surface area contributed by atoms with Crippen molar-refractivity contribution in [2.45, 2.75) is 55.4 Å². The van der Waals surface area contributed by atoms with Gasteiger partial charge in [0, 0.05) is 0 Å². The summed E-state index contributed by atoms with van der Waals surface area (Å²) in [6, 6.07) is 0. The minimum Gasteiger partial charge on any atom is -0.381 e. The molecule has 0 aromatic carbocycles. The topological polar surface area (TPSA) is 9.23 Å². The molecule has 0 spiro atoms. The molecule has 2 aliphatic carbocycles. The molecule has 2 saturated carbocycles. The lowest BCUT2D eigenvalue weighted by Crippen LogP contribution is -2.07. The lowest BCUT2D eigenvalue weighted by Gasteiger charge is -2.06. The summed E-state index contributed by atoms with van der Waals surface area (Å²) in [6.45, 7) is 20.8. The third-order valence-corrected chi connectivity index (χ3v) is 7.21. The highest BCUT2D eigenvalue weighted by molar-refractivity contribution is 5.13. The van der Waals surface area contributed by atoms with Gasteiger partial charge >= 0.3 is 0 Å². The van der Waals surface area contributed by atoms with Gasteiger partial charge in [-0.25, -0.2) is 0 Å². The van der Waals surface area contributed by atoms with Crippen molar-refractivity contribution in [1.29, 1.82) is 0 Å². The first-order valence-corrected chi connectivity index (χ1v) is 7.05. The summed E-state index contributed by atoms with van der Waals surface area (Å²) in [5.74, 6) is 1.47. The Morgan fingerprint density at radius 2 is 0.824 bits per heavy atom. The summed E-state index contributed by atoms with van der Waals surface area (Å²) in [5, 5.41) is 0. The molecule has 0 radical (unpaired) electrons. The van der Waals surface area contributed by atoms with Gasteiger partial charge in [0.1, 0.15) is 0 Å². The van der Waals surface area contributed by atoms with Crippen LogP contribution in [0.4, 0.5) is 0 Å². The molecule has 1 heteroatoms. The van der Waals surface area contributed by atoms with Crippen LogP contribution in [-0.2, 0) is 4.74 Å². The molecule has 1 nitrogen and oxygen atoms in total. The Morgan fingerprint density at radius 3 is 1.00 bits per heavy atom. The Labute approximate surface area is 107 Å². The molecule has 2 rings (SSSR count). The van der Waals surface area contributed by atoms with Crippen LogP contribution in [0.2, 0.25) is 0 Å². The highest BCUT2D eigenvalue weighted by Gasteiger charge is 2.66. The van der Waals surface area contributed by atoms with Gasteiger partial charge in [-0.05, 0) is 33.5 Å². The van der Waals surface area contributed by atoms with E-state index in [-0.39, 0.29) is 0 Å². The normalized spacial score (nSPS) is 32.5. The van der Waals surface area contributed by atoms with Gasteiger partial charge < -0.3 is 4.74 Å². The smallest absolute Gasteiger partial charge is 0.0505 e. The van der Waals surface area contributed by atoms with E-state index in [0.717, 1.165) is 25.0 Å². The first kappa shape index (κ1) is 13.4. The van der Waals surface area contributed by atoms with Crippen molar-refractivity contribution in [2.75, 3.05) is 13.2 Å². The quantitative estimate of drug-likeness (QED) is 0.707. The molecule has 0 atom stereocenters. The second kappa shape index (κ2) is 3.29. The zero-order chi connectivity index (χ0) is 13.3. The number of hydrogen-bond donors (Lipinski definition) is 0. The van der Waals surface area contributed by atoms with Gasteiger partial charge in [0.2, 0.25) is 0 Å². The zero-order valence-electron chi connectivity index (χ0n) is 13.0. The Morgan fingerprint density at radius 1 is 0.588 bits per heavy atom. The number of ether oxygens (including phenoxy) is 1. The molecule has 2 aliphatic rings. The van der Waals surface area contributed by atoms with Crippen LogP contribution in [0.3, 0.4) is 0 Å². The van der Waals surface area contributed by atoms with Crippen LogP contribution in [0.1, 0.15) is 55.4 Å². The second-order valence-corrected chi connectivity index (χ2v) is 8.53. The SMILES string of the molecule is CC1(C)C(COCC2C(C)(C)C2(C)C)C1(C)C. The lowest BCUT2D eigenvalue weighted by molar-refractivity contribution is 0.0927. The van der Waals surface area contributed by atoms with E-state index in [1.165, 1.54) is 0 Å². The fourth-order valence-corrected chi connectivity index (χ4v) is 3.80. The lowest BCUT2D eigenvalue weighted by atomic mass is 10.0. The molecule has 100 valence electrons. The maximum absolute atomic E-state index is 6.02.